The molecule has 0 saturated carbocycles. The number of amides is 1. The molecule has 5 nitrogen and oxygen atoms in total. The normalized spacial score (nSPS) is 9.62. The van der Waals surface area contributed by atoms with Crippen LogP contribution in [0, 0.1) is 0 Å². The van der Waals surface area contributed by atoms with Gasteiger partial charge in [-0.25, -0.2) is 4.79 Å². The van der Waals surface area contributed by atoms with E-state index in [2.05, 4.69) is 15.4 Å². The lowest BCUT2D eigenvalue weighted by Crippen LogP contribution is -2.26. The lowest BCUT2D eigenvalue weighted by Gasteiger charge is -2.08. The molecule has 0 aliphatic rings. The van der Waals surface area contributed by atoms with Crippen molar-refractivity contribution >= 4 is 17.6 Å². The van der Waals surface area contributed by atoms with Gasteiger partial charge < -0.3 is 15.4 Å². The van der Waals surface area contributed by atoms with Crippen molar-refractivity contribution in [1.82, 2.24) is 5.32 Å². The van der Waals surface area contributed by atoms with Gasteiger partial charge in [0.1, 0.15) is 0 Å². The minimum Gasteiger partial charge on any atom is -0.465 e. The summed E-state index contributed by atoms with van der Waals surface area (Å²) in [6, 6.07) is 6.70. The van der Waals surface area contributed by atoms with E-state index in [1.807, 2.05) is 0 Å². The number of esters is 1. The van der Waals surface area contributed by atoms with Crippen molar-refractivity contribution in [2.75, 3.05) is 26.0 Å². The third-order valence-corrected chi connectivity index (χ3v) is 1.94. The van der Waals surface area contributed by atoms with Crippen molar-refractivity contribution in [3.05, 3.63) is 29.8 Å². The van der Waals surface area contributed by atoms with E-state index in [0.29, 0.717) is 11.3 Å². The molecule has 1 rings (SSSR count). The number of carbonyl (C=O) groups is 2. The molecule has 0 spiro atoms. The van der Waals surface area contributed by atoms with Crippen LogP contribution in [-0.2, 0) is 9.53 Å². The van der Waals surface area contributed by atoms with Gasteiger partial charge in [0, 0.05) is 0 Å². The summed E-state index contributed by atoms with van der Waals surface area (Å²) < 4.78 is 4.61. The van der Waals surface area contributed by atoms with Crippen LogP contribution in [0.4, 0.5) is 5.69 Å². The summed E-state index contributed by atoms with van der Waals surface area (Å²) in [5, 5.41) is 5.35. The Morgan fingerprint density at radius 1 is 1.31 bits per heavy atom. The van der Waals surface area contributed by atoms with Gasteiger partial charge in [-0.05, 0) is 19.2 Å². The van der Waals surface area contributed by atoms with E-state index >= 15 is 0 Å². The highest BCUT2D eigenvalue weighted by atomic mass is 16.5. The number of benzene rings is 1. The van der Waals surface area contributed by atoms with Gasteiger partial charge in [-0.1, -0.05) is 12.1 Å². The zero-order valence-corrected chi connectivity index (χ0v) is 9.24. The predicted octanol–water partition coefficient (Wildman–Crippen LogP) is 0.631. The fourth-order valence-electron chi connectivity index (χ4n) is 1.24. The highest BCUT2D eigenvalue weighted by molar-refractivity contribution is 6.01. The SMILES string of the molecule is CNCC(=O)Nc1ccccc1C(=O)OC. The topological polar surface area (TPSA) is 67.4 Å². The average molecular weight is 222 g/mol. The first-order chi connectivity index (χ1) is 7.69. The summed E-state index contributed by atoms with van der Waals surface area (Å²) in [6.45, 7) is 0.190. The van der Waals surface area contributed by atoms with E-state index in [0.717, 1.165) is 0 Å². The quantitative estimate of drug-likeness (QED) is 0.733. The van der Waals surface area contributed by atoms with Crippen LogP contribution >= 0.6 is 0 Å². The van der Waals surface area contributed by atoms with E-state index in [1.54, 1.807) is 31.3 Å². The Hall–Kier alpha value is -1.88. The highest BCUT2D eigenvalue weighted by Gasteiger charge is 2.12. The van der Waals surface area contributed by atoms with E-state index in [-0.39, 0.29) is 12.5 Å². The van der Waals surface area contributed by atoms with Crippen LogP contribution in [0.2, 0.25) is 0 Å². The maximum absolute atomic E-state index is 11.4. The van der Waals surface area contributed by atoms with E-state index in [1.165, 1.54) is 7.11 Å². The van der Waals surface area contributed by atoms with Gasteiger partial charge in [-0.2, -0.15) is 0 Å². The number of hydrogen-bond donors (Lipinski definition) is 2. The fraction of sp³-hybridized carbons (Fsp3) is 0.273. The van der Waals surface area contributed by atoms with Crippen LogP contribution in [0.25, 0.3) is 0 Å². The molecule has 0 fully saturated rings. The molecule has 0 aliphatic heterocycles. The highest BCUT2D eigenvalue weighted by Crippen LogP contribution is 2.15. The van der Waals surface area contributed by atoms with Crippen molar-refractivity contribution < 1.29 is 14.3 Å². The third-order valence-electron chi connectivity index (χ3n) is 1.94. The number of carbonyl (C=O) groups excluding carboxylic acids is 2. The van der Waals surface area contributed by atoms with Gasteiger partial charge in [-0.15, -0.1) is 0 Å². The summed E-state index contributed by atoms with van der Waals surface area (Å²) in [5.41, 5.74) is 0.795. The number of nitrogens with one attached hydrogen (secondary N) is 2. The number of methoxy groups -OCH3 is 1. The molecule has 0 bridgehead atoms. The van der Waals surface area contributed by atoms with E-state index in [9.17, 15) is 9.59 Å². The number of anilines is 1. The molecule has 0 aromatic heterocycles. The Morgan fingerprint density at radius 2 is 2.00 bits per heavy atom. The molecule has 16 heavy (non-hydrogen) atoms. The molecule has 0 heterocycles. The molecule has 2 N–H and O–H groups in total. The molecule has 0 aliphatic carbocycles. The lowest BCUT2D eigenvalue weighted by atomic mass is 10.2. The smallest absolute Gasteiger partial charge is 0.339 e. The van der Waals surface area contributed by atoms with Crippen LogP contribution in [-0.4, -0.2) is 32.6 Å². The van der Waals surface area contributed by atoms with Crippen LogP contribution in [0.15, 0.2) is 24.3 Å². The number of rotatable bonds is 4. The van der Waals surface area contributed by atoms with Crippen LogP contribution in [0.3, 0.4) is 0 Å². The first-order valence-corrected chi connectivity index (χ1v) is 4.81. The molecule has 86 valence electrons. The molecule has 5 heteroatoms. The van der Waals surface area contributed by atoms with Crippen LogP contribution in [0.1, 0.15) is 10.4 Å². The molecule has 1 aromatic carbocycles. The Kier molecular flexibility index (Phi) is 4.47. The van der Waals surface area contributed by atoms with Crippen LogP contribution < -0.4 is 10.6 Å². The summed E-state index contributed by atoms with van der Waals surface area (Å²) >= 11 is 0. The van der Waals surface area contributed by atoms with E-state index < -0.39 is 5.97 Å². The third kappa shape index (κ3) is 3.06. The standard InChI is InChI=1S/C11H14N2O3/c1-12-7-10(14)13-9-6-4-3-5-8(9)11(15)16-2/h3-6,12H,7H2,1-2H3,(H,13,14). The second-order valence-electron chi connectivity index (χ2n) is 3.12. The minimum atomic E-state index is -0.472. The summed E-state index contributed by atoms with van der Waals surface area (Å²) in [5.74, 6) is -0.681. The van der Waals surface area contributed by atoms with Gasteiger partial charge in [-0.3, -0.25) is 4.79 Å². The monoisotopic (exact) mass is 222 g/mol. The Labute approximate surface area is 93.8 Å². The lowest BCUT2D eigenvalue weighted by molar-refractivity contribution is -0.115. The number of likely N-dealkylation sites (N-methyl/N-ethyl adjacent to an activating group) is 1. The summed E-state index contributed by atoms with van der Waals surface area (Å²) in [4.78, 5) is 22.7. The maximum atomic E-state index is 11.4. The number of ether oxygens (including phenoxy) is 1. The molecule has 0 saturated heterocycles. The van der Waals surface area contributed by atoms with Gasteiger partial charge in [0.05, 0.1) is 24.9 Å². The first-order valence-electron chi connectivity index (χ1n) is 4.81. The summed E-state index contributed by atoms with van der Waals surface area (Å²) in [6.07, 6.45) is 0. The van der Waals surface area contributed by atoms with Crippen molar-refractivity contribution in [3.8, 4) is 0 Å². The number of hydrogen-bond acceptors (Lipinski definition) is 4. The van der Waals surface area contributed by atoms with Gasteiger partial charge in [0.25, 0.3) is 0 Å². The van der Waals surface area contributed by atoms with Crippen LogP contribution in [0.5, 0.6) is 0 Å². The molecule has 0 unspecified atom stereocenters. The second kappa shape index (κ2) is 5.87. The minimum absolute atomic E-state index is 0.190. The first kappa shape index (κ1) is 12.2. The molecule has 0 atom stereocenters. The van der Waals surface area contributed by atoms with Gasteiger partial charge >= 0.3 is 5.97 Å². The van der Waals surface area contributed by atoms with Crippen molar-refractivity contribution in [2.45, 2.75) is 0 Å². The van der Waals surface area contributed by atoms with E-state index in [4.69, 9.17) is 0 Å². The zero-order valence-electron chi connectivity index (χ0n) is 9.24. The Morgan fingerprint density at radius 3 is 2.62 bits per heavy atom. The number of para-hydroxylation sites is 1. The zero-order chi connectivity index (χ0) is 12.0. The Bertz CT molecular complexity index is 391. The average Bonchev–Trinajstić information content (AvgIpc) is 2.29. The summed E-state index contributed by atoms with van der Waals surface area (Å²) in [7, 11) is 2.97. The molecule has 0 radical (unpaired) electrons. The van der Waals surface area contributed by atoms with Crippen molar-refractivity contribution in [3.63, 3.8) is 0 Å². The van der Waals surface area contributed by atoms with Crippen molar-refractivity contribution in [2.24, 2.45) is 0 Å². The van der Waals surface area contributed by atoms with Gasteiger partial charge in [0.15, 0.2) is 0 Å². The molecular formula is C11H14N2O3. The maximum Gasteiger partial charge on any atom is 0.339 e. The molecule has 1 aromatic rings. The Balaban J connectivity index is 2.87. The molecular weight excluding hydrogens is 208 g/mol. The van der Waals surface area contributed by atoms with Gasteiger partial charge in [0.2, 0.25) is 5.91 Å². The second-order valence-corrected chi connectivity index (χ2v) is 3.12. The largest absolute Gasteiger partial charge is 0.465 e. The van der Waals surface area contributed by atoms with Crippen molar-refractivity contribution in [1.29, 1.82) is 0 Å². The predicted molar refractivity (Wildman–Crippen MR) is 60.3 cm³/mol. The fourth-order valence-corrected chi connectivity index (χ4v) is 1.24. The molecule has 1 amide bonds.